The Labute approximate surface area is 91.9 Å². The number of benzene rings is 1. The zero-order valence-corrected chi connectivity index (χ0v) is 8.92. The third-order valence-corrected chi connectivity index (χ3v) is 2.47. The van der Waals surface area contributed by atoms with Crippen LogP contribution in [0, 0.1) is 5.82 Å². The number of nitrogens with zero attached hydrogens (tertiary/aromatic N) is 1. The van der Waals surface area contributed by atoms with E-state index in [0.29, 0.717) is 15.9 Å². The Morgan fingerprint density at radius 2 is 2.13 bits per heavy atom. The van der Waals surface area contributed by atoms with Crippen molar-refractivity contribution in [2.75, 3.05) is 0 Å². The summed E-state index contributed by atoms with van der Waals surface area (Å²) in [5.41, 5.74) is 6.90. The van der Waals surface area contributed by atoms with E-state index in [1.807, 2.05) is 13.0 Å². The Kier molecular flexibility index (Phi) is 2.59. The minimum Gasteiger partial charge on any atom is -0.324 e. The van der Waals surface area contributed by atoms with Gasteiger partial charge in [0.05, 0.1) is 0 Å². The van der Waals surface area contributed by atoms with Gasteiger partial charge in [-0.05, 0) is 30.7 Å². The summed E-state index contributed by atoms with van der Waals surface area (Å²) < 4.78 is 13.4. The Balaban J connectivity index is 2.71. The molecule has 1 atom stereocenters. The molecule has 0 amide bonds. The van der Waals surface area contributed by atoms with E-state index in [1.165, 1.54) is 6.07 Å². The molecule has 0 bridgehead atoms. The van der Waals surface area contributed by atoms with Gasteiger partial charge in [-0.15, -0.1) is 0 Å². The molecule has 1 aromatic carbocycles. The quantitative estimate of drug-likeness (QED) is 0.809. The highest BCUT2D eigenvalue weighted by atomic mass is 35.5. The van der Waals surface area contributed by atoms with Gasteiger partial charge in [0.15, 0.2) is 5.82 Å². The van der Waals surface area contributed by atoms with Gasteiger partial charge >= 0.3 is 0 Å². The topological polar surface area (TPSA) is 38.9 Å². The molecule has 4 heteroatoms. The van der Waals surface area contributed by atoms with Crippen molar-refractivity contribution in [3.8, 4) is 0 Å². The molecule has 0 saturated heterocycles. The Morgan fingerprint density at radius 3 is 2.80 bits per heavy atom. The second-order valence-corrected chi connectivity index (χ2v) is 3.95. The van der Waals surface area contributed by atoms with Crippen LogP contribution in [0.2, 0.25) is 5.02 Å². The first kappa shape index (κ1) is 10.3. The molecule has 0 aliphatic carbocycles. The lowest BCUT2D eigenvalue weighted by Gasteiger charge is -2.06. The van der Waals surface area contributed by atoms with Crippen molar-refractivity contribution in [2.45, 2.75) is 13.0 Å². The number of halogens is 2. The molecule has 0 aliphatic heterocycles. The summed E-state index contributed by atoms with van der Waals surface area (Å²) in [6.07, 6.45) is 1.59. The maximum Gasteiger partial charge on any atom is 0.150 e. The van der Waals surface area contributed by atoms with Crippen LogP contribution in [0.3, 0.4) is 0 Å². The van der Waals surface area contributed by atoms with Crippen LogP contribution in [0.25, 0.3) is 10.9 Å². The van der Waals surface area contributed by atoms with E-state index >= 15 is 0 Å². The van der Waals surface area contributed by atoms with Crippen molar-refractivity contribution < 1.29 is 4.39 Å². The standard InChI is InChI=1S/C11H10ClFN2/c1-6(14)8-2-7-3-9(12)4-10(13)11(7)15-5-8/h2-6H,14H2,1H3/t6-/m0/s1. The van der Waals surface area contributed by atoms with Crippen LogP contribution in [0.1, 0.15) is 18.5 Å². The SMILES string of the molecule is C[C@H](N)c1cnc2c(F)cc(Cl)cc2c1. The highest BCUT2D eigenvalue weighted by molar-refractivity contribution is 6.31. The number of hydrogen-bond donors (Lipinski definition) is 1. The van der Waals surface area contributed by atoms with Crippen LogP contribution < -0.4 is 5.73 Å². The largest absolute Gasteiger partial charge is 0.324 e. The van der Waals surface area contributed by atoms with Gasteiger partial charge in [0.25, 0.3) is 0 Å². The first-order valence-electron chi connectivity index (χ1n) is 4.58. The van der Waals surface area contributed by atoms with Gasteiger partial charge in [0.2, 0.25) is 0 Å². The minimum absolute atomic E-state index is 0.121. The van der Waals surface area contributed by atoms with Crippen molar-refractivity contribution in [1.29, 1.82) is 0 Å². The Bertz CT molecular complexity index is 511. The molecule has 2 N–H and O–H groups in total. The number of rotatable bonds is 1. The van der Waals surface area contributed by atoms with Gasteiger partial charge in [-0.2, -0.15) is 0 Å². The Hall–Kier alpha value is -1.19. The van der Waals surface area contributed by atoms with Gasteiger partial charge in [-0.3, -0.25) is 4.98 Å². The molecule has 2 nitrogen and oxygen atoms in total. The zero-order chi connectivity index (χ0) is 11.0. The molecule has 15 heavy (non-hydrogen) atoms. The van der Waals surface area contributed by atoms with E-state index in [0.717, 1.165) is 5.56 Å². The molecule has 0 unspecified atom stereocenters. The average Bonchev–Trinajstić information content (AvgIpc) is 2.16. The molecule has 1 heterocycles. The van der Waals surface area contributed by atoms with E-state index in [9.17, 15) is 4.39 Å². The smallest absolute Gasteiger partial charge is 0.150 e. The number of hydrogen-bond acceptors (Lipinski definition) is 2. The summed E-state index contributed by atoms with van der Waals surface area (Å²) in [5.74, 6) is -0.409. The predicted octanol–water partition coefficient (Wildman–Crippen LogP) is 3.05. The molecule has 0 fully saturated rings. The maximum atomic E-state index is 13.4. The van der Waals surface area contributed by atoms with E-state index < -0.39 is 5.82 Å². The second-order valence-electron chi connectivity index (χ2n) is 3.52. The number of pyridine rings is 1. The summed E-state index contributed by atoms with van der Waals surface area (Å²) in [5, 5.41) is 1.04. The van der Waals surface area contributed by atoms with Gasteiger partial charge in [0.1, 0.15) is 5.52 Å². The molecule has 78 valence electrons. The summed E-state index contributed by atoms with van der Waals surface area (Å²) in [6.45, 7) is 1.85. The maximum absolute atomic E-state index is 13.4. The van der Waals surface area contributed by atoms with E-state index in [-0.39, 0.29) is 6.04 Å². The van der Waals surface area contributed by atoms with Gasteiger partial charge in [0, 0.05) is 22.6 Å². The van der Waals surface area contributed by atoms with E-state index in [1.54, 1.807) is 12.3 Å². The van der Waals surface area contributed by atoms with Crippen LogP contribution in [0.5, 0.6) is 0 Å². The molecule has 0 radical (unpaired) electrons. The van der Waals surface area contributed by atoms with Gasteiger partial charge < -0.3 is 5.73 Å². The van der Waals surface area contributed by atoms with Crippen LogP contribution in [0.4, 0.5) is 4.39 Å². The lowest BCUT2D eigenvalue weighted by molar-refractivity contribution is 0.636. The molecule has 0 aliphatic rings. The third kappa shape index (κ3) is 1.94. The number of fused-ring (bicyclic) bond motifs is 1. The molecule has 2 aromatic rings. The molecule has 0 spiro atoms. The Morgan fingerprint density at radius 1 is 1.40 bits per heavy atom. The summed E-state index contributed by atoms with van der Waals surface area (Å²) in [6, 6.07) is 4.62. The van der Waals surface area contributed by atoms with Crippen molar-refractivity contribution in [1.82, 2.24) is 4.98 Å². The van der Waals surface area contributed by atoms with Crippen molar-refractivity contribution >= 4 is 22.5 Å². The van der Waals surface area contributed by atoms with Crippen molar-refractivity contribution in [2.24, 2.45) is 5.73 Å². The molecular formula is C11H10ClFN2. The average molecular weight is 225 g/mol. The lowest BCUT2D eigenvalue weighted by Crippen LogP contribution is -2.05. The van der Waals surface area contributed by atoms with Crippen LogP contribution >= 0.6 is 11.6 Å². The summed E-state index contributed by atoms with van der Waals surface area (Å²) in [4.78, 5) is 4.03. The highest BCUT2D eigenvalue weighted by Gasteiger charge is 2.07. The lowest BCUT2D eigenvalue weighted by atomic mass is 10.1. The molecule has 1 aromatic heterocycles. The first-order valence-corrected chi connectivity index (χ1v) is 4.96. The van der Waals surface area contributed by atoms with E-state index in [4.69, 9.17) is 17.3 Å². The highest BCUT2D eigenvalue weighted by Crippen LogP contribution is 2.23. The van der Waals surface area contributed by atoms with Crippen molar-refractivity contribution in [3.05, 3.63) is 40.8 Å². The minimum atomic E-state index is -0.409. The fourth-order valence-corrected chi connectivity index (χ4v) is 1.65. The van der Waals surface area contributed by atoms with Gasteiger partial charge in [-0.25, -0.2) is 4.39 Å². The van der Waals surface area contributed by atoms with Crippen LogP contribution in [0.15, 0.2) is 24.4 Å². The first-order chi connectivity index (χ1) is 7.08. The van der Waals surface area contributed by atoms with E-state index in [2.05, 4.69) is 4.98 Å². The summed E-state index contributed by atoms with van der Waals surface area (Å²) in [7, 11) is 0. The van der Waals surface area contributed by atoms with Crippen molar-refractivity contribution in [3.63, 3.8) is 0 Å². The predicted molar refractivity (Wildman–Crippen MR) is 59.3 cm³/mol. The second kappa shape index (κ2) is 3.76. The molecule has 2 rings (SSSR count). The van der Waals surface area contributed by atoms with Crippen LogP contribution in [-0.2, 0) is 0 Å². The summed E-state index contributed by atoms with van der Waals surface area (Å²) >= 11 is 5.76. The third-order valence-electron chi connectivity index (χ3n) is 2.25. The number of aromatic nitrogens is 1. The van der Waals surface area contributed by atoms with Gasteiger partial charge in [-0.1, -0.05) is 11.6 Å². The van der Waals surface area contributed by atoms with Crippen LogP contribution in [-0.4, -0.2) is 4.98 Å². The molecule has 0 saturated carbocycles. The zero-order valence-electron chi connectivity index (χ0n) is 8.17. The number of nitrogens with two attached hydrogens (primary N) is 1. The molecular weight excluding hydrogens is 215 g/mol. The normalized spacial score (nSPS) is 13.1. The monoisotopic (exact) mass is 224 g/mol. The fourth-order valence-electron chi connectivity index (χ4n) is 1.44. The fraction of sp³-hybridized carbons (Fsp3) is 0.182.